The third-order valence-electron chi connectivity index (χ3n) is 10.5. The van der Waals surface area contributed by atoms with E-state index in [4.69, 9.17) is 0 Å². The SMILES string of the molecule is CC1(C)c2cccc3c2-c2c1cccc2C3(c1ccc(-c2ccccc2)cc1)c1ccc(N(c2ccccc2)c2ccccc2)cc1. The Hall–Kier alpha value is -5.66. The van der Waals surface area contributed by atoms with Crippen LogP contribution in [0.5, 0.6) is 0 Å². The highest BCUT2D eigenvalue weighted by Crippen LogP contribution is 2.64. The topological polar surface area (TPSA) is 3.24 Å². The molecule has 0 saturated carbocycles. The summed E-state index contributed by atoms with van der Waals surface area (Å²) in [4.78, 5) is 2.34. The van der Waals surface area contributed by atoms with Crippen LogP contribution in [0.2, 0.25) is 0 Å². The van der Waals surface area contributed by atoms with E-state index in [1.54, 1.807) is 0 Å². The van der Waals surface area contributed by atoms with Crippen LogP contribution in [0, 0.1) is 0 Å². The second kappa shape index (κ2) is 10.4. The second-order valence-corrected chi connectivity index (χ2v) is 13.3. The van der Waals surface area contributed by atoms with E-state index in [2.05, 4.69) is 195 Å². The Bertz CT molecular complexity index is 2140. The van der Waals surface area contributed by atoms with E-state index in [1.807, 2.05) is 0 Å². The van der Waals surface area contributed by atoms with Crippen molar-refractivity contribution in [1.29, 1.82) is 0 Å². The smallest absolute Gasteiger partial charge is 0.0713 e. The van der Waals surface area contributed by atoms with Crippen molar-refractivity contribution < 1.29 is 0 Å². The number of hydrogen-bond acceptors (Lipinski definition) is 1. The lowest BCUT2D eigenvalue weighted by molar-refractivity contribution is 0.652. The molecule has 2 aliphatic rings. The molecule has 0 atom stereocenters. The van der Waals surface area contributed by atoms with Crippen molar-refractivity contribution in [2.45, 2.75) is 24.7 Å². The van der Waals surface area contributed by atoms with Gasteiger partial charge in [0.25, 0.3) is 0 Å². The first kappa shape index (κ1) is 27.6. The predicted octanol–water partition coefficient (Wildman–Crippen LogP) is 11.8. The van der Waals surface area contributed by atoms with Crippen LogP contribution in [0.1, 0.15) is 47.2 Å². The Balaban J connectivity index is 1.27. The summed E-state index contributed by atoms with van der Waals surface area (Å²) in [5.41, 5.74) is 16.4. The first-order valence-corrected chi connectivity index (χ1v) is 16.5. The fraction of sp³-hybridized carbons (Fsp3) is 0.0870. The van der Waals surface area contributed by atoms with Crippen LogP contribution in [-0.4, -0.2) is 0 Å². The summed E-state index contributed by atoms with van der Waals surface area (Å²) in [7, 11) is 0. The highest BCUT2D eigenvalue weighted by molar-refractivity contribution is 5.95. The lowest BCUT2D eigenvalue weighted by atomic mass is 9.65. The average Bonchev–Trinajstić information content (AvgIpc) is 3.57. The largest absolute Gasteiger partial charge is 0.311 e. The number of para-hydroxylation sites is 2. The fourth-order valence-electron chi connectivity index (χ4n) is 8.39. The maximum atomic E-state index is 2.38. The average molecular weight is 602 g/mol. The van der Waals surface area contributed by atoms with Gasteiger partial charge in [0, 0.05) is 22.5 Å². The molecule has 0 heterocycles. The molecule has 0 N–H and O–H groups in total. The van der Waals surface area contributed by atoms with Crippen LogP contribution in [-0.2, 0) is 10.8 Å². The molecule has 9 rings (SSSR count). The highest BCUT2D eigenvalue weighted by atomic mass is 15.1. The van der Waals surface area contributed by atoms with Gasteiger partial charge in [-0.05, 0) is 92.0 Å². The van der Waals surface area contributed by atoms with Gasteiger partial charge in [0.05, 0.1) is 5.41 Å². The van der Waals surface area contributed by atoms with E-state index >= 15 is 0 Å². The maximum Gasteiger partial charge on any atom is 0.0713 e. The van der Waals surface area contributed by atoms with Gasteiger partial charge in [0.1, 0.15) is 0 Å². The summed E-state index contributed by atoms with van der Waals surface area (Å²) in [6, 6.07) is 64.6. The summed E-state index contributed by atoms with van der Waals surface area (Å²) in [5, 5.41) is 0. The molecule has 0 aromatic heterocycles. The minimum Gasteiger partial charge on any atom is -0.311 e. The minimum absolute atomic E-state index is 0.0320. The fourth-order valence-corrected chi connectivity index (χ4v) is 8.39. The van der Waals surface area contributed by atoms with E-state index < -0.39 is 5.41 Å². The Kier molecular flexibility index (Phi) is 6.14. The molecule has 1 nitrogen and oxygen atoms in total. The second-order valence-electron chi connectivity index (χ2n) is 13.3. The van der Waals surface area contributed by atoms with Gasteiger partial charge in [0.2, 0.25) is 0 Å². The Morgan fingerprint density at radius 2 is 0.723 bits per heavy atom. The molecular weight excluding hydrogens is 567 g/mol. The van der Waals surface area contributed by atoms with Crippen LogP contribution in [0.15, 0.2) is 176 Å². The predicted molar refractivity (Wildman–Crippen MR) is 196 cm³/mol. The third-order valence-corrected chi connectivity index (χ3v) is 10.5. The van der Waals surface area contributed by atoms with Crippen molar-refractivity contribution in [3.8, 4) is 22.3 Å². The zero-order valence-electron chi connectivity index (χ0n) is 26.7. The maximum absolute atomic E-state index is 2.38. The van der Waals surface area contributed by atoms with E-state index in [1.165, 1.54) is 55.6 Å². The van der Waals surface area contributed by atoms with Crippen LogP contribution in [0.4, 0.5) is 17.1 Å². The van der Waals surface area contributed by atoms with Gasteiger partial charge in [-0.2, -0.15) is 0 Å². The van der Waals surface area contributed by atoms with E-state index in [0.717, 1.165) is 17.1 Å². The first-order valence-electron chi connectivity index (χ1n) is 16.5. The van der Waals surface area contributed by atoms with E-state index in [0.29, 0.717) is 0 Å². The van der Waals surface area contributed by atoms with E-state index in [9.17, 15) is 0 Å². The van der Waals surface area contributed by atoms with Crippen LogP contribution >= 0.6 is 0 Å². The number of benzene rings is 7. The van der Waals surface area contributed by atoms with Gasteiger partial charge in [-0.3, -0.25) is 0 Å². The van der Waals surface area contributed by atoms with Crippen LogP contribution in [0.3, 0.4) is 0 Å². The van der Waals surface area contributed by atoms with Gasteiger partial charge in [-0.1, -0.05) is 153 Å². The van der Waals surface area contributed by atoms with Crippen molar-refractivity contribution in [1.82, 2.24) is 0 Å². The molecule has 47 heavy (non-hydrogen) atoms. The van der Waals surface area contributed by atoms with Crippen LogP contribution < -0.4 is 4.90 Å². The molecule has 2 aliphatic carbocycles. The van der Waals surface area contributed by atoms with Gasteiger partial charge >= 0.3 is 0 Å². The molecule has 1 heteroatoms. The molecular formula is C46H35N. The van der Waals surface area contributed by atoms with Gasteiger partial charge < -0.3 is 4.90 Å². The Morgan fingerprint density at radius 3 is 1.21 bits per heavy atom. The highest BCUT2D eigenvalue weighted by Gasteiger charge is 2.52. The summed E-state index contributed by atoms with van der Waals surface area (Å²) in [6.07, 6.45) is 0. The molecule has 7 aromatic carbocycles. The molecule has 7 aromatic rings. The molecule has 0 bridgehead atoms. The number of hydrogen-bond donors (Lipinski definition) is 0. The zero-order valence-corrected chi connectivity index (χ0v) is 26.7. The quantitative estimate of drug-likeness (QED) is 0.183. The molecule has 0 radical (unpaired) electrons. The third kappa shape index (κ3) is 3.96. The monoisotopic (exact) mass is 601 g/mol. The standard InChI is InChI=1S/C46H35N/c1-45(2)39-20-12-22-41-43(39)44-40(45)21-13-23-42(44)46(41,34-26-24-33(25-27-34)32-14-6-3-7-15-32)35-28-30-38(31-29-35)47(36-16-8-4-9-17-36)37-18-10-5-11-19-37/h3-31H,1-2H3. The number of anilines is 3. The molecule has 0 unspecified atom stereocenters. The van der Waals surface area contributed by atoms with Crippen molar-refractivity contribution in [2.75, 3.05) is 4.90 Å². The molecule has 0 aliphatic heterocycles. The van der Waals surface area contributed by atoms with Crippen LogP contribution in [0.25, 0.3) is 22.3 Å². The summed E-state index contributed by atoms with van der Waals surface area (Å²) < 4.78 is 0. The van der Waals surface area contributed by atoms with Gasteiger partial charge in [-0.15, -0.1) is 0 Å². The van der Waals surface area contributed by atoms with Gasteiger partial charge in [-0.25, -0.2) is 0 Å². The summed E-state index contributed by atoms with van der Waals surface area (Å²) in [6.45, 7) is 4.76. The number of rotatable bonds is 6. The normalized spacial score (nSPS) is 14.5. The minimum atomic E-state index is -0.439. The molecule has 0 saturated heterocycles. The van der Waals surface area contributed by atoms with E-state index in [-0.39, 0.29) is 5.41 Å². The zero-order chi connectivity index (χ0) is 31.6. The van der Waals surface area contributed by atoms with Gasteiger partial charge in [0.15, 0.2) is 0 Å². The molecule has 0 fully saturated rings. The first-order chi connectivity index (χ1) is 23.1. The molecule has 0 spiro atoms. The lowest BCUT2D eigenvalue weighted by Gasteiger charge is -2.36. The Morgan fingerprint density at radius 1 is 0.340 bits per heavy atom. The summed E-state index contributed by atoms with van der Waals surface area (Å²) in [5.74, 6) is 0. The van der Waals surface area contributed by atoms with Crippen molar-refractivity contribution in [3.05, 3.63) is 209 Å². The van der Waals surface area contributed by atoms with Crippen molar-refractivity contribution >= 4 is 17.1 Å². The lowest BCUT2D eigenvalue weighted by Crippen LogP contribution is -2.30. The van der Waals surface area contributed by atoms with Crippen molar-refractivity contribution in [2.24, 2.45) is 0 Å². The molecule has 224 valence electrons. The van der Waals surface area contributed by atoms with Crippen molar-refractivity contribution in [3.63, 3.8) is 0 Å². The number of nitrogens with zero attached hydrogens (tertiary/aromatic N) is 1. The Labute approximate surface area is 277 Å². The molecule has 0 amide bonds. The summed E-state index contributed by atoms with van der Waals surface area (Å²) >= 11 is 0.